The maximum Gasteiger partial charge on any atom is 0.340 e. The molecule has 0 fully saturated rings. The van der Waals surface area contributed by atoms with Gasteiger partial charge in [0.05, 0.1) is 18.4 Å². The van der Waals surface area contributed by atoms with Gasteiger partial charge < -0.3 is 24.4 Å². The Labute approximate surface area is 248 Å². The third kappa shape index (κ3) is 4.65. The predicted octanol–water partition coefficient (Wildman–Crippen LogP) is 8.72. The molecule has 1 atom stereocenters. The number of rotatable bonds is 10. The van der Waals surface area contributed by atoms with Crippen LogP contribution in [-0.2, 0) is 10.3 Å². The highest BCUT2D eigenvalue weighted by Crippen LogP contribution is 2.58. The molecular weight excluding hydrogens is 524 g/mol. The number of para-hydroxylation sites is 1. The molecular formula is C36H38N2O4. The molecule has 2 aliphatic heterocycles. The molecule has 0 bridgehead atoms. The quantitative estimate of drug-likeness (QED) is 0.195. The van der Waals surface area contributed by atoms with Gasteiger partial charge in [0.1, 0.15) is 17.2 Å². The van der Waals surface area contributed by atoms with Gasteiger partial charge in [-0.3, -0.25) is 0 Å². The molecule has 6 rings (SSSR count). The van der Waals surface area contributed by atoms with E-state index in [4.69, 9.17) is 14.2 Å². The first-order chi connectivity index (χ1) is 20.5. The minimum absolute atomic E-state index is 0.342. The van der Waals surface area contributed by atoms with Gasteiger partial charge in [0, 0.05) is 53.3 Å². The van der Waals surface area contributed by atoms with Crippen LogP contribution in [0, 0.1) is 6.92 Å². The fourth-order valence-electron chi connectivity index (χ4n) is 6.08. The molecule has 1 N–H and O–H groups in total. The van der Waals surface area contributed by atoms with Crippen LogP contribution in [0.25, 0.3) is 0 Å². The van der Waals surface area contributed by atoms with Gasteiger partial charge in [0.15, 0.2) is 5.60 Å². The van der Waals surface area contributed by atoms with Crippen LogP contribution in [0.2, 0.25) is 0 Å². The largest absolute Gasteiger partial charge is 0.494 e. The zero-order chi connectivity index (χ0) is 29.3. The van der Waals surface area contributed by atoms with E-state index >= 15 is 0 Å². The van der Waals surface area contributed by atoms with Crippen molar-refractivity contribution in [2.75, 3.05) is 30.4 Å². The van der Waals surface area contributed by atoms with Gasteiger partial charge >= 0.3 is 5.97 Å². The molecule has 1 spiro atoms. The van der Waals surface area contributed by atoms with Gasteiger partial charge in [-0.15, -0.1) is 0 Å². The smallest absolute Gasteiger partial charge is 0.340 e. The van der Waals surface area contributed by atoms with Crippen molar-refractivity contribution in [1.82, 2.24) is 0 Å². The summed E-state index contributed by atoms with van der Waals surface area (Å²) in [6.45, 7) is 8.46. The number of methoxy groups -OCH3 is 1. The lowest BCUT2D eigenvalue weighted by Crippen LogP contribution is -2.33. The molecule has 0 aromatic heterocycles. The van der Waals surface area contributed by atoms with Crippen molar-refractivity contribution in [2.45, 2.75) is 52.1 Å². The number of nitrogens with zero attached hydrogens (tertiary/aromatic N) is 1. The molecule has 0 aliphatic carbocycles. The molecule has 6 nitrogen and oxygen atoms in total. The SMILES string of the molecule is CCCCN(CCCC)c1ccc2c(c1)Oc1cc(OC)c(Nc3ccccc3C)cc1C21OC(=O)c2ccccc21. The number of hydrogen-bond acceptors (Lipinski definition) is 6. The van der Waals surface area contributed by atoms with Gasteiger partial charge in [0.2, 0.25) is 0 Å². The number of unbranched alkanes of at least 4 members (excludes halogenated alkanes) is 2. The van der Waals surface area contributed by atoms with Crippen LogP contribution in [0.1, 0.15) is 72.1 Å². The Kier molecular flexibility index (Phi) is 7.55. The van der Waals surface area contributed by atoms with Gasteiger partial charge in [-0.1, -0.05) is 63.1 Å². The zero-order valence-electron chi connectivity index (χ0n) is 24.8. The fourth-order valence-corrected chi connectivity index (χ4v) is 6.08. The summed E-state index contributed by atoms with van der Waals surface area (Å²) in [5, 5.41) is 3.54. The number of anilines is 3. The molecule has 6 heteroatoms. The highest BCUT2D eigenvalue weighted by atomic mass is 16.6. The summed E-state index contributed by atoms with van der Waals surface area (Å²) < 4.78 is 18.9. The first-order valence-corrected chi connectivity index (χ1v) is 15.0. The molecule has 0 saturated heterocycles. The number of hydrogen-bond donors (Lipinski definition) is 1. The normalized spacial score (nSPS) is 16.2. The van der Waals surface area contributed by atoms with Crippen molar-refractivity contribution in [2.24, 2.45) is 0 Å². The average molecular weight is 563 g/mol. The van der Waals surface area contributed by atoms with E-state index in [9.17, 15) is 4.79 Å². The van der Waals surface area contributed by atoms with Crippen LogP contribution in [0.15, 0.2) is 78.9 Å². The van der Waals surface area contributed by atoms with E-state index < -0.39 is 5.60 Å². The Bertz CT molecular complexity index is 1620. The number of ether oxygens (including phenoxy) is 3. The molecule has 2 aliphatic rings. The molecule has 4 aromatic carbocycles. The molecule has 1 unspecified atom stereocenters. The molecule has 216 valence electrons. The second-order valence-corrected chi connectivity index (χ2v) is 11.1. The Morgan fingerprint density at radius 1 is 0.810 bits per heavy atom. The van der Waals surface area contributed by atoms with Crippen molar-refractivity contribution in [3.05, 3.63) is 107 Å². The molecule has 42 heavy (non-hydrogen) atoms. The van der Waals surface area contributed by atoms with Crippen LogP contribution in [0.5, 0.6) is 17.2 Å². The summed E-state index contributed by atoms with van der Waals surface area (Å²) in [5.74, 6) is 1.58. The zero-order valence-corrected chi connectivity index (χ0v) is 24.8. The third-order valence-electron chi connectivity index (χ3n) is 8.36. The van der Waals surface area contributed by atoms with E-state index in [2.05, 4.69) is 55.3 Å². The maximum atomic E-state index is 13.4. The Morgan fingerprint density at radius 2 is 1.52 bits per heavy atom. The van der Waals surface area contributed by atoms with Crippen LogP contribution in [-0.4, -0.2) is 26.2 Å². The first-order valence-electron chi connectivity index (χ1n) is 15.0. The number of aryl methyl sites for hydroxylation is 1. The van der Waals surface area contributed by atoms with Gasteiger partial charge in [-0.2, -0.15) is 0 Å². The summed E-state index contributed by atoms with van der Waals surface area (Å²) in [4.78, 5) is 15.8. The highest BCUT2D eigenvalue weighted by molar-refractivity contribution is 5.97. The third-order valence-corrected chi connectivity index (χ3v) is 8.36. The number of carbonyl (C=O) groups excluding carboxylic acids is 1. The second-order valence-electron chi connectivity index (χ2n) is 11.1. The van der Waals surface area contributed by atoms with Crippen LogP contribution >= 0.6 is 0 Å². The van der Waals surface area contributed by atoms with E-state index in [1.807, 2.05) is 54.6 Å². The number of carbonyl (C=O) groups is 1. The first kappa shape index (κ1) is 27.7. The van der Waals surface area contributed by atoms with E-state index in [1.165, 1.54) is 0 Å². The average Bonchev–Trinajstić information content (AvgIpc) is 3.30. The van der Waals surface area contributed by atoms with Crippen molar-refractivity contribution >= 4 is 23.0 Å². The van der Waals surface area contributed by atoms with Crippen molar-refractivity contribution in [3.63, 3.8) is 0 Å². The number of benzene rings is 4. The highest BCUT2D eigenvalue weighted by Gasteiger charge is 2.54. The minimum atomic E-state index is -1.15. The van der Waals surface area contributed by atoms with E-state index in [0.717, 1.165) is 78.1 Å². The lowest BCUT2D eigenvalue weighted by molar-refractivity contribution is 0.0224. The van der Waals surface area contributed by atoms with Crippen molar-refractivity contribution < 1.29 is 19.0 Å². The fraction of sp³-hybridized carbons (Fsp3) is 0.306. The molecule has 0 amide bonds. The van der Waals surface area contributed by atoms with Crippen LogP contribution in [0.3, 0.4) is 0 Å². The maximum absolute atomic E-state index is 13.4. The Balaban J connectivity index is 1.53. The topological polar surface area (TPSA) is 60.0 Å². The van der Waals surface area contributed by atoms with Gasteiger partial charge in [-0.25, -0.2) is 4.79 Å². The summed E-state index contributed by atoms with van der Waals surface area (Å²) >= 11 is 0. The Morgan fingerprint density at radius 3 is 2.26 bits per heavy atom. The van der Waals surface area contributed by atoms with Crippen LogP contribution < -0.4 is 19.7 Å². The predicted molar refractivity (Wildman–Crippen MR) is 168 cm³/mol. The molecule has 2 heterocycles. The van der Waals surface area contributed by atoms with Crippen molar-refractivity contribution in [1.29, 1.82) is 0 Å². The van der Waals surface area contributed by atoms with Gasteiger partial charge in [-0.05, 0) is 55.7 Å². The second kappa shape index (κ2) is 11.4. The summed E-state index contributed by atoms with van der Waals surface area (Å²) in [5.41, 5.74) is 5.75. The van der Waals surface area contributed by atoms with E-state index in [-0.39, 0.29) is 5.97 Å². The summed E-state index contributed by atoms with van der Waals surface area (Å²) in [7, 11) is 1.65. The Hall–Kier alpha value is -4.45. The van der Waals surface area contributed by atoms with E-state index in [1.54, 1.807) is 7.11 Å². The molecule has 4 aromatic rings. The number of fused-ring (bicyclic) bond motifs is 6. The standard InChI is InChI=1S/C36H38N2O4/c1-5-7-19-38(20-8-6-2)25-17-18-28-32(21-25)41-33-23-34(40-4)31(37-30-16-12-9-13-24(30)3)22-29(33)36(28)27-15-11-10-14-26(27)35(39)42-36/h9-18,21-23,37H,5-8,19-20H2,1-4H3. The van der Waals surface area contributed by atoms with Crippen molar-refractivity contribution in [3.8, 4) is 17.2 Å². The lowest BCUT2D eigenvalue weighted by atomic mass is 9.77. The summed E-state index contributed by atoms with van der Waals surface area (Å²) in [6, 6.07) is 26.0. The lowest BCUT2D eigenvalue weighted by Gasteiger charge is -2.38. The molecule has 0 saturated carbocycles. The number of nitrogens with one attached hydrogen (secondary N) is 1. The molecule has 0 radical (unpaired) electrons. The van der Waals surface area contributed by atoms with E-state index in [0.29, 0.717) is 22.8 Å². The summed E-state index contributed by atoms with van der Waals surface area (Å²) in [6.07, 6.45) is 4.50. The number of esters is 1. The van der Waals surface area contributed by atoms with Crippen LogP contribution in [0.4, 0.5) is 17.1 Å². The monoisotopic (exact) mass is 562 g/mol. The van der Waals surface area contributed by atoms with Gasteiger partial charge in [0.25, 0.3) is 0 Å². The minimum Gasteiger partial charge on any atom is -0.494 e.